The summed E-state index contributed by atoms with van der Waals surface area (Å²) in [4.78, 5) is 22.2. The third kappa shape index (κ3) is 2.86. The molecule has 0 atom stereocenters. The molecule has 6 nitrogen and oxygen atoms in total. The predicted octanol–water partition coefficient (Wildman–Crippen LogP) is 1.86. The van der Waals surface area contributed by atoms with Crippen LogP contribution >= 0.6 is 0 Å². The average Bonchev–Trinajstić information content (AvgIpc) is 2.38. The van der Waals surface area contributed by atoms with Gasteiger partial charge in [0.1, 0.15) is 17.1 Å². The Kier molecular flexibility index (Phi) is 3.56. The van der Waals surface area contributed by atoms with Gasteiger partial charge in [-0.3, -0.25) is 4.79 Å². The van der Waals surface area contributed by atoms with Gasteiger partial charge in [-0.2, -0.15) is 0 Å². The van der Waals surface area contributed by atoms with Gasteiger partial charge in [-0.15, -0.1) is 0 Å². The number of ether oxygens (including phenoxy) is 1. The number of hydrogen-bond donors (Lipinski definition) is 3. The molecular formula is C14H12N2O4. The molecular weight excluding hydrogens is 260 g/mol. The molecule has 0 aromatic heterocycles. The quantitative estimate of drug-likeness (QED) is 0.734. The largest absolute Gasteiger partial charge is 0.478 e. The molecule has 0 fully saturated rings. The number of carbonyl (C=O) groups is 2. The van der Waals surface area contributed by atoms with Crippen molar-refractivity contribution >= 4 is 17.6 Å². The highest BCUT2D eigenvalue weighted by atomic mass is 16.5. The lowest BCUT2D eigenvalue weighted by molar-refractivity contribution is 0.0694. The maximum Gasteiger partial charge on any atom is 0.339 e. The standard InChI is InChI=1S/C14H12N2O4/c15-9-4-5-11(14(18)19)12(7-9)20-10-3-1-2-8(6-10)13(16)17/h1-7H,15H2,(H2,16,17)(H,18,19). The second-order valence-electron chi connectivity index (χ2n) is 4.05. The number of carbonyl (C=O) groups excluding carboxylic acids is 1. The number of nitrogen functional groups attached to an aromatic ring is 1. The van der Waals surface area contributed by atoms with Gasteiger partial charge in [0.25, 0.3) is 0 Å². The number of anilines is 1. The molecule has 6 heteroatoms. The zero-order valence-corrected chi connectivity index (χ0v) is 10.4. The number of rotatable bonds is 4. The predicted molar refractivity (Wildman–Crippen MR) is 72.8 cm³/mol. The van der Waals surface area contributed by atoms with Crippen molar-refractivity contribution in [1.82, 2.24) is 0 Å². The van der Waals surface area contributed by atoms with Crippen molar-refractivity contribution in [3.05, 3.63) is 53.6 Å². The Morgan fingerprint density at radius 1 is 1.10 bits per heavy atom. The lowest BCUT2D eigenvalue weighted by Crippen LogP contribution is -2.10. The minimum Gasteiger partial charge on any atom is -0.478 e. The second kappa shape index (κ2) is 5.31. The van der Waals surface area contributed by atoms with Gasteiger partial charge in [0.15, 0.2) is 0 Å². The van der Waals surface area contributed by atoms with E-state index in [1.54, 1.807) is 12.1 Å². The number of hydrogen-bond acceptors (Lipinski definition) is 4. The summed E-state index contributed by atoms with van der Waals surface area (Å²) in [5.41, 5.74) is 11.4. The number of nitrogens with two attached hydrogens (primary N) is 2. The van der Waals surface area contributed by atoms with Gasteiger partial charge in [-0.1, -0.05) is 6.07 Å². The minimum absolute atomic E-state index is 0.0244. The maximum atomic E-state index is 11.1. The molecule has 0 aliphatic carbocycles. The molecule has 2 aromatic rings. The van der Waals surface area contributed by atoms with Crippen molar-refractivity contribution < 1.29 is 19.4 Å². The molecule has 2 rings (SSSR count). The summed E-state index contributed by atoms with van der Waals surface area (Å²) >= 11 is 0. The third-order valence-electron chi connectivity index (χ3n) is 2.58. The van der Waals surface area contributed by atoms with Crippen LogP contribution in [-0.4, -0.2) is 17.0 Å². The summed E-state index contributed by atoms with van der Waals surface area (Å²) in [7, 11) is 0. The van der Waals surface area contributed by atoms with Crippen LogP contribution in [-0.2, 0) is 0 Å². The van der Waals surface area contributed by atoms with Crippen LogP contribution in [0.25, 0.3) is 0 Å². The summed E-state index contributed by atoms with van der Waals surface area (Å²) in [5, 5.41) is 9.08. The number of primary amides is 1. The van der Waals surface area contributed by atoms with Crippen LogP contribution in [0.1, 0.15) is 20.7 Å². The number of aromatic carboxylic acids is 1. The van der Waals surface area contributed by atoms with Gasteiger partial charge in [-0.05, 0) is 30.3 Å². The summed E-state index contributed by atoms with van der Waals surface area (Å²) in [6, 6.07) is 10.4. The molecule has 102 valence electrons. The van der Waals surface area contributed by atoms with Gasteiger partial charge in [0.05, 0.1) is 0 Å². The highest BCUT2D eigenvalue weighted by Gasteiger charge is 2.13. The molecule has 0 aliphatic heterocycles. The average molecular weight is 272 g/mol. The van der Waals surface area contributed by atoms with Crippen LogP contribution in [0, 0.1) is 0 Å². The van der Waals surface area contributed by atoms with E-state index in [2.05, 4.69) is 0 Å². The molecule has 0 spiro atoms. The molecule has 0 saturated carbocycles. The van der Waals surface area contributed by atoms with Crippen LogP contribution in [0.5, 0.6) is 11.5 Å². The minimum atomic E-state index is -1.13. The fourth-order valence-electron chi connectivity index (χ4n) is 1.64. The zero-order chi connectivity index (χ0) is 14.7. The van der Waals surface area contributed by atoms with E-state index < -0.39 is 11.9 Å². The summed E-state index contributed by atoms with van der Waals surface area (Å²) < 4.78 is 5.47. The van der Waals surface area contributed by atoms with Crippen molar-refractivity contribution in [1.29, 1.82) is 0 Å². The van der Waals surface area contributed by atoms with E-state index in [0.29, 0.717) is 11.4 Å². The monoisotopic (exact) mass is 272 g/mol. The van der Waals surface area contributed by atoms with E-state index in [9.17, 15) is 9.59 Å². The van der Waals surface area contributed by atoms with Crippen molar-refractivity contribution in [2.75, 3.05) is 5.73 Å². The van der Waals surface area contributed by atoms with Crippen molar-refractivity contribution in [3.63, 3.8) is 0 Å². The molecule has 5 N–H and O–H groups in total. The molecule has 20 heavy (non-hydrogen) atoms. The fourth-order valence-corrected chi connectivity index (χ4v) is 1.64. The molecule has 2 aromatic carbocycles. The normalized spacial score (nSPS) is 10.0. The Hall–Kier alpha value is -3.02. The molecule has 0 radical (unpaired) electrons. The molecule has 0 unspecified atom stereocenters. The maximum absolute atomic E-state index is 11.1. The lowest BCUT2D eigenvalue weighted by Gasteiger charge is -2.10. The van der Waals surface area contributed by atoms with Gasteiger partial charge in [0, 0.05) is 17.3 Å². The van der Waals surface area contributed by atoms with Crippen LogP contribution in [0.15, 0.2) is 42.5 Å². The van der Waals surface area contributed by atoms with E-state index in [4.69, 9.17) is 21.3 Å². The zero-order valence-electron chi connectivity index (χ0n) is 10.4. The first-order valence-electron chi connectivity index (χ1n) is 5.68. The lowest BCUT2D eigenvalue weighted by atomic mass is 10.1. The molecule has 0 bridgehead atoms. The van der Waals surface area contributed by atoms with Crippen LogP contribution in [0.3, 0.4) is 0 Å². The van der Waals surface area contributed by atoms with Crippen LogP contribution in [0.4, 0.5) is 5.69 Å². The number of carboxylic acids is 1. The number of amides is 1. The number of carboxylic acid groups (broad SMARTS) is 1. The van der Waals surface area contributed by atoms with Gasteiger partial charge in [-0.25, -0.2) is 4.79 Å². The van der Waals surface area contributed by atoms with Crippen LogP contribution in [0.2, 0.25) is 0 Å². The van der Waals surface area contributed by atoms with Gasteiger partial charge >= 0.3 is 5.97 Å². The Bertz CT molecular complexity index is 683. The van der Waals surface area contributed by atoms with E-state index in [-0.39, 0.29) is 16.9 Å². The van der Waals surface area contributed by atoms with Crippen molar-refractivity contribution in [3.8, 4) is 11.5 Å². The first-order chi connectivity index (χ1) is 9.47. The van der Waals surface area contributed by atoms with Crippen LogP contribution < -0.4 is 16.2 Å². The highest BCUT2D eigenvalue weighted by molar-refractivity contribution is 5.93. The van der Waals surface area contributed by atoms with Gasteiger partial charge < -0.3 is 21.3 Å². The third-order valence-corrected chi connectivity index (χ3v) is 2.58. The van der Waals surface area contributed by atoms with Crippen molar-refractivity contribution in [2.24, 2.45) is 5.73 Å². The summed E-state index contributed by atoms with van der Waals surface area (Å²) in [6.45, 7) is 0. The van der Waals surface area contributed by atoms with E-state index in [1.807, 2.05) is 0 Å². The molecule has 1 amide bonds. The number of benzene rings is 2. The van der Waals surface area contributed by atoms with Crippen molar-refractivity contribution in [2.45, 2.75) is 0 Å². The molecule has 0 heterocycles. The first-order valence-corrected chi connectivity index (χ1v) is 5.68. The van der Waals surface area contributed by atoms with E-state index >= 15 is 0 Å². The Morgan fingerprint density at radius 2 is 1.85 bits per heavy atom. The van der Waals surface area contributed by atoms with E-state index in [1.165, 1.54) is 30.3 Å². The molecule has 0 aliphatic rings. The fraction of sp³-hybridized carbons (Fsp3) is 0. The topological polar surface area (TPSA) is 116 Å². The van der Waals surface area contributed by atoms with Gasteiger partial charge in [0.2, 0.25) is 5.91 Å². The smallest absolute Gasteiger partial charge is 0.339 e. The SMILES string of the molecule is NC(=O)c1cccc(Oc2cc(N)ccc2C(=O)O)c1. The molecule has 0 saturated heterocycles. The summed E-state index contributed by atoms with van der Waals surface area (Å²) in [6.07, 6.45) is 0. The second-order valence-corrected chi connectivity index (χ2v) is 4.05. The Labute approximate surface area is 114 Å². The van der Waals surface area contributed by atoms with E-state index in [0.717, 1.165) is 0 Å². The Balaban J connectivity index is 2.39. The highest BCUT2D eigenvalue weighted by Crippen LogP contribution is 2.28. The Morgan fingerprint density at radius 3 is 2.50 bits per heavy atom. The first kappa shape index (κ1) is 13.4. The summed E-state index contributed by atoms with van der Waals surface area (Å²) in [5.74, 6) is -1.33.